The second-order valence-electron chi connectivity index (χ2n) is 6.92. The van der Waals surface area contributed by atoms with Crippen molar-refractivity contribution in [3.63, 3.8) is 0 Å². The normalized spacial score (nSPS) is 22.1. The van der Waals surface area contributed by atoms with Crippen LogP contribution < -0.4 is 10.1 Å². The number of fused-ring (bicyclic) bond motifs is 3. The van der Waals surface area contributed by atoms with Crippen LogP contribution in [0.5, 0.6) is 5.75 Å². The second kappa shape index (κ2) is 6.95. The first kappa shape index (κ1) is 18.0. The first-order chi connectivity index (χ1) is 13.5. The maximum atomic E-state index is 11.7. The molecule has 1 N–H and O–H groups in total. The molecular weight excluding hydrogens is 362 g/mol. The fraction of sp³-hybridized carbons (Fsp3) is 0.300. The van der Waals surface area contributed by atoms with Crippen LogP contribution in [0.2, 0.25) is 0 Å². The number of hydrogen-bond donors (Lipinski definition) is 1. The van der Waals surface area contributed by atoms with E-state index < -0.39 is 9.85 Å². The van der Waals surface area contributed by atoms with Crippen LogP contribution in [-0.4, -0.2) is 16.5 Å². The van der Waals surface area contributed by atoms with Crippen molar-refractivity contribution in [1.29, 1.82) is 0 Å². The van der Waals surface area contributed by atoms with Gasteiger partial charge in [-0.25, -0.2) is 0 Å². The van der Waals surface area contributed by atoms with E-state index in [1.54, 1.807) is 12.1 Å². The van der Waals surface area contributed by atoms with Gasteiger partial charge in [-0.3, -0.25) is 20.2 Å². The highest BCUT2D eigenvalue weighted by molar-refractivity contribution is 5.73. The molecule has 0 saturated heterocycles. The molecule has 4 rings (SSSR count). The third kappa shape index (κ3) is 2.96. The van der Waals surface area contributed by atoms with E-state index in [4.69, 9.17) is 4.74 Å². The van der Waals surface area contributed by atoms with Crippen molar-refractivity contribution >= 4 is 17.1 Å². The number of nitrogens with zero attached hydrogens (tertiary/aromatic N) is 2. The quantitative estimate of drug-likeness (QED) is 0.456. The molecule has 0 amide bonds. The Morgan fingerprint density at radius 3 is 2.54 bits per heavy atom. The van der Waals surface area contributed by atoms with Crippen molar-refractivity contribution in [3.05, 3.63) is 79.9 Å². The molecule has 0 saturated carbocycles. The van der Waals surface area contributed by atoms with Crippen LogP contribution in [0.25, 0.3) is 0 Å². The molecule has 1 aliphatic heterocycles. The lowest BCUT2D eigenvalue weighted by molar-refractivity contribution is -0.384. The monoisotopic (exact) mass is 381 g/mol. The molecule has 2 aromatic carbocycles. The van der Waals surface area contributed by atoms with Gasteiger partial charge in [-0.1, -0.05) is 24.3 Å². The predicted molar refractivity (Wildman–Crippen MR) is 104 cm³/mol. The summed E-state index contributed by atoms with van der Waals surface area (Å²) in [6.07, 6.45) is 5.00. The zero-order chi connectivity index (χ0) is 19.8. The van der Waals surface area contributed by atoms with Crippen LogP contribution in [0.3, 0.4) is 0 Å². The molecule has 2 aliphatic rings. The highest BCUT2D eigenvalue weighted by atomic mass is 16.6. The maximum Gasteiger partial charge on any atom is 0.296 e. The maximum absolute atomic E-state index is 11.7. The summed E-state index contributed by atoms with van der Waals surface area (Å²) in [5, 5.41) is 26.0. The Hall–Kier alpha value is -3.42. The fourth-order valence-electron chi connectivity index (χ4n) is 4.18. The number of benzene rings is 2. The van der Waals surface area contributed by atoms with Gasteiger partial charge in [-0.2, -0.15) is 0 Å². The van der Waals surface area contributed by atoms with Crippen molar-refractivity contribution in [2.45, 2.75) is 25.3 Å². The van der Waals surface area contributed by atoms with Gasteiger partial charge in [0.15, 0.2) is 0 Å². The standard InChI is InChI=1S/C20H19N3O5/c1-2-28-14-10-17-15-4-3-5-16(15)19(21-20(17)18(11-14)23(26)27)12-6-8-13(9-7-12)22(24)25/h3-4,6-11,15-16,19,21H,2,5H2,1H3/t15-,16-,19+/m0/s1. The van der Waals surface area contributed by atoms with Gasteiger partial charge >= 0.3 is 0 Å². The number of nitro benzene ring substituents is 2. The number of anilines is 1. The van der Waals surface area contributed by atoms with Crippen LogP contribution in [-0.2, 0) is 0 Å². The summed E-state index contributed by atoms with van der Waals surface area (Å²) in [4.78, 5) is 21.8. The van der Waals surface area contributed by atoms with E-state index in [-0.39, 0.29) is 29.3 Å². The van der Waals surface area contributed by atoms with Gasteiger partial charge in [0.25, 0.3) is 11.4 Å². The summed E-state index contributed by atoms with van der Waals surface area (Å²) < 4.78 is 5.54. The summed E-state index contributed by atoms with van der Waals surface area (Å²) in [7, 11) is 0. The van der Waals surface area contributed by atoms with Gasteiger partial charge in [0.1, 0.15) is 11.4 Å². The van der Waals surface area contributed by atoms with E-state index in [0.29, 0.717) is 18.0 Å². The number of nitro groups is 2. The molecule has 8 heteroatoms. The molecule has 0 aromatic heterocycles. The minimum absolute atomic E-state index is 0.0217. The van der Waals surface area contributed by atoms with Gasteiger partial charge in [-0.05, 0) is 36.5 Å². The zero-order valence-corrected chi connectivity index (χ0v) is 15.2. The molecule has 3 atom stereocenters. The van der Waals surface area contributed by atoms with E-state index >= 15 is 0 Å². The molecule has 0 bridgehead atoms. The lowest BCUT2D eigenvalue weighted by Crippen LogP contribution is -2.29. The molecular formula is C20H19N3O5. The fourth-order valence-corrected chi connectivity index (χ4v) is 4.18. The third-order valence-electron chi connectivity index (χ3n) is 5.39. The van der Waals surface area contributed by atoms with Crippen molar-refractivity contribution in [2.75, 3.05) is 11.9 Å². The van der Waals surface area contributed by atoms with Crippen LogP contribution in [0.1, 0.15) is 36.4 Å². The Morgan fingerprint density at radius 1 is 1.14 bits per heavy atom. The van der Waals surface area contributed by atoms with Crippen LogP contribution in [0.4, 0.5) is 17.1 Å². The molecule has 1 heterocycles. The summed E-state index contributed by atoms with van der Waals surface area (Å²) in [5.41, 5.74) is 2.22. The topological polar surface area (TPSA) is 108 Å². The molecule has 1 aliphatic carbocycles. The molecule has 0 spiro atoms. The summed E-state index contributed by atoms with van der Waals surface area (Å²) in [5.74, 6) is 0.684. The second-order valence-corrected chi connectivity index (χ2v) is 6.92. The highest BCUT2D eigenvalue weighted by Gasteiger charge is 2.41. The summed E-state index contributed by atoms with van der Waals surface area (Å²) in [6.45, 7) is 2.27. The average Bonchev–Trinajstić information content (AvgIpc) is 3.17. The molecule has 0 unspecified atom stereocenters. The predicted octanol–water partition coefficient (Wildman–Crippen LogP) is 4.73. The van der Waals surface area contributed by atoms with E-state index in [1.165, 1.54) is 18.2 Å². The van der Waals surface area contributed by atoms with E-state index in [2.05, 4.69) is 17.5 Å². The lowest BCUT2D eigenvalue weighted by atomic mass is 9.76. The molecule has 28 heavy (non-hydrogen) atoms. The Kier molecular flexibility index (Phi) is 4.46. The number of non-ortho nitro benzene ring substituents is 1. The van der Waals surface area contributed by atoms with Gasteiger partial charge in [-0.15, -0.1) is 0 Å². The Morgan fingerprint density at radius 2 is 1.89 bits per heavy atom. The van der Waals surface area contributed by atoms with Gasteiger partial charge in [0.2, 0.25) is 0 Å². The Balaban J connectivity index is 1.79. The molecule has 0 radical (unpaired) electrons. The zero-order valence-electron chi connectivity index (χ0n) is 15.2. The summed E-state index contributed by atoms with van der Waals surface area (Å²) >= 11 is 0. The Bertz CT molecular complexity index is 971. The lowest BCUT2D eigenvalue weighted by Gasteiger charge is -2.37. The summed E-state index contributed by atoms with van der Waals surface area (Å²) in [6, 6.07) is 9.52. The van der Waals surface area contributed by atoms with Gasteiger partial charge in [0.05, 0.1) is 28.6 Å². The Labute approximate surface area is 161 Å². The number of allylic oxidation sites excluding steroid dienone is 2. The minimum atomic E-state index is -0.437. The largest absolute Gasteiger partial charge is 0.494 e. The van der Waals surface area contributed by atoms with Crippen molar-refractivity contribution < 1.29 is 14.6 Å². The van der Waals surface area contributed by atoms with Crippen molar-refractivity contribution in [3.8, 4) is 5.75 Å². The van der Waals surface area contributed by atoms with Crippen molar-refractivity contribution in [2.24, 2.45) is 5.92 Å². The van der Waals surface area contributed by atoms with Gasteiger partial charge < -0.3 is 10.1 Å². The molecule has 8 nitrogen and oxygen atoms in total. The number of hydrogen-bond acceptors (Lipinski definition) is 6. The van der Waals surface area contributed by atoms with Gasteiger partial charge in [0, 0.05) is 18.1 Å². The molecule has 2 aromatic rings. The van der Waals surface area contributed by atoms with Crippen LogP contribution in [0.15, 0.2) is 48.6 Å². The van der Waals surface area contributed by atoms with E-state index in [1.807, 2.05) is 13.0 Å². The number of ether oxygens (including phenoxy) is 1. The SMILES string of the molecule is CCOc1cc2c(c([N+](=O)[O-])c1)N[C@H](c1ccc([N+](=O)[O-])cc1)[C@H]1CC=C[C@H]21. The smallest absolute Gasteiger partial charge is 0.296 e. The average molecular weight is 381 g/mol. The minimum Gasteiger partial charge on any atom is -0.494 e. The van der Waals surface area contributed by atoms with E-state index in [9.17, 15) is 20.2 Å². The third-order valence-corrected chi connectivity index (χ3v) is 5.39. The van der Waals surface area contributed by atoms with E-state index in [0.717, 1.165) is 17.5 Å². The molecule has 144 valence electrons. The highest BCUT2D eigenvalue weighted by Crippen LogP contribution is 2.53. The number of rotatable bonds is 5. The first-order valence-corrected chi connectivity index (χ1v) is 9.12. The van der Waals surface area contributed by atoms with Crippen LogP contribution in [0, 0.1) is 26.1 Å². The molecule has 0 fully saturated rings. The van der Waals surface area contributed by atoms with Crippen LogP contribution >= 0.6 is 0 Å². The number of nitrogens with one attached hydrogen (secondary N) is 1. The first-order valence-electron chi connectivity index (χ1n) is 9.12. The van der Waals surface area contributed by atoms with Crippen molar-refractivity contribution in [1.82, 2.24) is 0 Å².